The number of benzene rings is 3. The van der Waals surface area contributed by atoms with Gasteiger partial charge in [-0.3, -0.25) is 0 Å². The molecule has 0 amide bonds. The molecule has 0 radical (unpaired) electrons. The van der Waals surface area contributed by atoms with Crippen LogP contribution in [-0.2, 0) is 9.84 Å². The highest BCUT2D eigenvalue weighted by Crippen LogP contribution is 2.44. The van der Waals surface area contributed by atoms with Crippen LogP contribution >= 0.6 is 11.6 Å². The summed E-state index contributed by atoms with van der Waals surface area (Å²) < 4.78 is 25.1. The molecule has 1 heterocycles. The van der Waals surface area contributed by atoms with Crippen LogP contribution in [0.15, 0.2) is 76.5 Å². The standard InChI is InChI=1S/C18H11ClO2S/c19-14-8-5-12(6-9-14)13-7-10-18-16(11-13)15-3-1-2-4-17(15)22(18,20)21/h1-11H. The Balaban J connectivity index is 1.96. The number of hydrogen-bond acceptors (Lipinski definition) is 2. The zero-order valence-corrected chi connectivity index (χ0v) is 13.0. The highest BCUT2D eigenvalue weighted by atomic mass is 35.5. The van der Waals surface area contributed by atoms with Gasteiger partial charge >= 0.3 is 0 Å². The van der Waals surface area contributed by atoms with E-state index < -0.39 is 9.84 Å². The molecule has 3 aromatic carbocycles. The molecule has 0 spiro atoms. The van der Waals surface area contributed by atoms with E-state index in [1.165, 1.54) is 0 Å². The van der Waals surface area contributed by atoms with Crippen LogP contribution in [0.2, 0.25) is 5.02 Å². The van der Waals surface area contributed by atoms with Gasteiger partial charge in [0.05, 0.1) is 9.79 Å². The Hall–Kier alpha value is -2.10. The van der Waals surface area contributed by atoms with Gasteiger partial charge in [-0.2, -0.15) is 0 Å². The Labute approximate surface area is 133 Å². The summed E-state index contributed by atoms with van der Waals surface area (Å²) in [5.74, 6) is 0. The molecule has 0 N–H and O–H groups in total. The second kappa shape index (κ2) is 4.70. The first-order chi connectivity index (χ1) is 10.6. The fraction of sp³-hybridized carbons (Fsp3) is 0. The highest BCUT2D eigenvalue weighted by Gasteiger charge is 2.32. The van der Waals surface area contributed by atoms with E-state index in [0.29, 0.717) is 14.8 Å². The lowest BCUT2D eigenvalue weighted by Gasteiger charge is -2.05. The summed E-state index contributed by atoms with van der Waals surface area (Å²) in [6.45, 7) is 0. The summed E-state index contributed by atoms with van der Waals surface area (Å²) in [5, 5.41) is 0.679. The Morgan fingerprint density at radius 1 is 0.682 bits per heavy atom. The third kappa shape index (κ3) is 1.90. The van der Waals surface area contributed by atoms with Crippen molar-refractivity contribution in [1.29, 1.82) is 0 Å². The molecular weight excluding hydrogens is 316 g/mol. The molecule has 0 aliphatic carbocycles. The Kier molecular flexibility index (Phi) is 2.90. The topological polar surface area (TPSA) is 34.1 Å². The predicted octanol–water partition coefficient (Wildman–Crippen LogP) is 4.82. The third-order valence-corrected chi connectivity index (χ3v) is 6.04. The number of fused-ring (bicyclic) bond motifs is 3. The number of rotatable bonds is 1. The van der Waals surface area contributed by atoms with Crippen molar-refractivity contribution < 1.29 is 8.42 Å². The van der Waals surface area contributed by atoms with Crippen LogP contribution in [0.25, 0.3) is 22.3 Å². The lowest BCUT2D eigenvalue weighted by Crippen LogP contribution is -1.96. The molecule has 0 fully saturated rings. The minimum Gasteiger partial charge on any atom is -0.218 e. The van der Waals surface area contributed by atoms with Crippen LogP contribution in [0.3, 0.4) is 0 Å². The van der Waals surface area contributed by atoms with E-state index in [0.717, 1.165) is 22.3 Å². The predicted molar refractivity (Wildman–Crippen MR) is 87.8 cm³/mol. The van der Waals surface area contributed by atoms with Crippen molar-refractivity contribution in [2.45, 2.75) is 9.79 Å². The minimum absolute atomic E-state index is 0.381. The van der Waals surface area contributed by atoms with Crippen molar-refractivity contribution in [2.24, 2.45) is 0 Å². The Morgan fingerprint density at radius 3 is 2.09 bits per heavy atom. The number of sulfone groups is 1. The lowest BCUT2D eigenvalue weighted by atomic mass is 9.99. The van der Waals surface area contributed by atoms with Gasteiger partial charge in [-0.15, -0.1) is 0 Å². The summed E-state index contributed by atoms with van der Waals surface area (Å²) in [6.07, 6.45) is 0. The van der Waals surface area contributed by atoms with Gasteiger partial charge in [-0.1, -0.05) is 48.0 Å². The first-order valence-corrected chi connectivity index (χ1v) is 8.68. The molecule has 22 heavy (non-hydrogen) atoms. The van der Waals surface area contributed by atoms with Crippen molar-refractivity contribution >= 4 is 21.4 Å². The van der Waals surface area contributed by atoms with Crippen LogP contribution in [0.1, 0.15) is 0 Å². The number of halogens is 1. The average molecular weight is 327 g/mol. The third-order valence-electron chi connectivity index (χ3n) is 3.91. The maximum atomic E-state index is 12.6. The molecule has 4 rings (SSSR count). The first-order valence-electron chi connectivity index (χ1n) is 6.82. The van der Waals surface area contributed by atoms with E-state index in [-0.39, 0.29) is 0 Å². The molecule has 3 aromatic rings. The van der Waals surface area contributed by atoms with E-state index in [9.17, 15) is 8.42 Å². The van der Waals surface area contributed by atoms with Crippen LogP contribution in [0.4, 0.5) is 0 Å². The lowest BCUT2D eigenvalue weighted by molar-refractivity contribution is 0.598. The second-order valence-electron chi connectivity index (χ2n) is 5.22. The van der Waals surface area contributed by atoms with Gasteiger partial charge in [-0.05, 0) is 41.5 Å². The molecule has 0 atom stereocenters. The highest BCUT2D eigenvalue weighted by molar-refractivity contribution is 7.92. The normalized spacial score (nSPS) is 14.4. The van der Waals surface area contributed by atoms with Gasteiger partial charge in [-0.25, -0.2) is 8.42 Å². The van der Waals surface area contributed by atoms with Crippen LogP contribution in [-0.4, -0.2) is 8.42 Å². The molecule has 1 aliphatic rings. The maximum Gasteiger partial charge on any atom is 0.207 e. The molecule has 0 saturated heterocycles. The van der Waals surface area contributed by atoms with Crippen molar-refractivity contribution in [1.82, 2.24) is 0 Å². The first kappa shape index (κ1) is 13.6. The van der Waals surface area contributed by atoms with Gasteiger partial charge in [0.25, 0.3) is 0 Å². The quantitative estimate of drug-likeness (QED) is 0.502. The van der Waals surface area contributed by atoms with Crippen LogP contribution in [0, 0.1) is 0 Å². The van der Waals surface area contributed by atoms with Crippen LogP contribution < -0.4 is 0 Å². The molecule has 0 bridgehead atoms. The zero-order valence-electron chi connectivity index (χ0n) is 11.5. The van der Waals surface area contributed by atoms with Gasteiger partial charge in [0.2, 0.25) is 9.84 Å². The summed E-state index contributed by atoms with van der Waals surface area (Å²) in [5.41, 5.74) is 3.52. The van der Waals surface area contributed by atoms with Crippen molar-refractivity contribution in [3.63, 3.8) is 0 Å². The minimum atomic E-state index is -3.39. The Morgan fingerprint density at radius 2 is 1.32 bits per heavy atom. The molecule has 2 nitrogen and oxygen atoms in total. The van der Waals surface area contributed by atoms with E-state index in [1.807, 2.05) is 48.5 Å². The summed E-state index contributed by atoms with van der Waals surface area (Å²) in [6, 6.07) is 20.1. The maximum absolute atomic E-state index is 12.6. The fourth-order valence-electron chi connectivity index (χ4n) is 2.84. The van der Waals surface area contributed by atoms with Gasteiger partial charge < -0.3 is 0 Å². The van der Waals surface area contributed by atoms with Crippen molar-refractivity contribution in [2.75, 3.05) is 0 Å². The monoisotopic (exact) mass is 326 g/mol. The molecule has 0 aromatic heterocycles. The second-order valence-corrected chi connectivity index (χ2v) is 7.54. The molecule has 0 unspecified atom stereocenters. The summed E-state index contributed by atoms with van der Waals surface area (Å²) in [7, 11) is -3.39. The van der Waals surface area contributed by atoms with Crippen molar-refractivity contribution in [3.8, 4) is 22.3 Å². The van der Waals surface area contributed by atoms with E-state index >= 15 is 0 Å². The molecule has 1 aliphatic heterocycles. The van der Waals surface area contributed by atoms with Gasteiger partial charge in [0, 0.05) is 16.1 Å². The van der Waals surface area contributed by atoms with Gasteiger partial charge in [0.15, 0.2) is 0 Å². The molecular formula is C18H11ClO2S. The van der Waals surface area contributed by atoms with Crippen LogP contribution in [0.5, 0.6) is 0 Å². The molecule has 0 saturated carbocycles. The average Bonchev–Trinajstić information content (AvgIpc) is 2.77. The Bertz CT molecular complexity index is 990. The summed E-state index contributed by atoms with van der Waals surface area (Å²) in [4.78, 5) is 0.768. The number of hydrogen-bond donors (Lipinski definition) is 0. The molecule has 108 valence electrons. The van der Waals surface area contributed by atoms with Gasteiger partial charge in [0.1, 0.15) is 0 Å². The zero-order chi connectivity index (χ0) is 15.3. The van der Waals surface area contributed by atoms with Crippen molar-refractivity contribution in [3.05, 3.63) is 71.8 Å². The smallest absolute Gasteiger partial charge is 0.207 e. The largest absolute Gasteiger partial charge is 0.218 e. The fourth-order valence-corrected chi connectivity index (χ4v) is 4.63. The van der Waals surface area contributed by atoms with E-state index in [4.69, 9.17) is 11.6 Å². The SMILES string of the molecule is O=S1(=O)c2ccccc2-c2cc(-c3ccc(Cl)cc3)ccc21. The molecule has 4 heteroatoms. The van der Waals surface area contributed by atoms with E-state index in [1.54, 1.807) is 18.2 Å². The van der Waals surface area contributed by atoms with E-state index in [2.05, 4.69) is 0 Å². The summed E-state index contributed by atoms with van der Waals surface area (Å²) >= 11 is 5.92.